The van der Waals surface area contributed by atoms with Crippen molar-refractivity contribution in [1.29, 1.82) is 0 Å². The molecular formula is C24H29N3O2. The van der Waals surface area contributed by atoms with E-state index in [-0.39, 0.29) is 29.8 Å². The molecule has 152 valence electrons. The van der Waals surface area contributed by atoms with E-state index in [0.29, 0.717) is 31.8 Å². The number of rotatable bonds is 7. The van der Waals surface area contributed by atoms with Crippen LogP contribution in [0.15, 0.2) is 60.7 Å². The maximum atomic E-state index is 13.1. The SMILES string of the molecule is NC(CNC(=O)C1CCC(=O)N(Cc2ccccc2)C1c1ccccc1)C1CC1. The summed E-state index contributed by atoms with van der Waals surface area (Å²) in [6.07, 6.45) is 3.27. The molecule has 1 aliphatic heterocycles. The molecule has 2 aromatic carbocycles. The largest absolute Gasteiger partial charge is 0.354 e. The third-order valence-corrected chi connectivity index (χ3v) is 6.12. The van der Waals surface area contributed by atoms with Crippen LogP contribution in [0, 0.1) is 11.8 Å². The zero-order valence-corrected chi connectivity index (χ0v) is 16.7. The molecule has 4 rings (SSSR count). The Morgan fingerprint density at radius 1 is 1.03 bits per heavy atom. The van der Waals surface area contributed by atoms with Crippen LogP contribution in [-0.4, -0.2) is 29.3 Å². The lowest BCUT2D eigenvalue weighted by molar-refractivity contribution is -0.144. The third kappa shape index (κ3) is 4.67. The Kier molecular flexibility index (Phi) is 5.95. The molecule has 3 atom stereocenters. The molecule has 0 bridgehead atoms. The Labute approximate surface area is 172 Å². The summed E-state index contributed by atoms with van der Waals surface area (Å²) >= 11 is 0. The summed E-state index contributed by atoms with van der Waals surface area (Å²) in [7, 11) is 0. The third-order valence-electron chi connectivity index (χ3n) is 6.12. The molecule has 1 heterocycles. The Morgan fingerprint density at radius 2 is 1.69 bits per heavy atom. The molecule has 5 heteroatoms. The maximum Gasteiger partial charge on any atom is 0.225 e. The first-order valence-electron chi connectivity index (χ1n) is 10.5. The van der Waals surface area contributed by atoms with Crippen LogP contribution in [0.2, 0.25) is 0 Å². The summed E-state index contributed by atoms with van der Waals surface area (Å²) in [6.45, 7) is 1.01. The summed E-state index contributed by atoms with van der Waals surface area (Å²) in [5, 5.41) is 3.07. The van der Waals surface area contributed by atoms with Crippen LogP contribution >= 0.6 is 0 Å². The smallest absolute Gasteiger partial charge is 0.225 e. The van der Waals surface area contributed by atoms with Crippen molar-refractivity contribution in [3.63, 3.8) is 0 Å². The number of carbonyl (C=O) groups is 2. The van der Waals surface area contributed by atoms with Crippen LogP contribution in [0.5, 0.6) is 0 Å². The maximum absolute atomic E-state index is 13.1. The number of likely N-dealkylation sites (tertiary alicyclic amines) is 1. The first kappa shape index (κ1) is 19.6. The van der Waals surface area contributed by atoms with Crippen LogP contribution in [0.1, 0.15) is 42.9 Å². The molecule has 3 N–H and O–H groups in total. The minimum absolute atomic E-state index is 0.000477. The molecule has 1 saturated heterocycles. The van der Waals surface area contributed by atoms with E-state index in [1.165, 1.54) is 0 Å². The monoisotopic (exact) mass is 391 g/mol. The summed E-state index contributed by atoms with van der Waals surface area (Å²) in [5.74, 6) is 0.370. The molecule has 2 fully saturated rings. The lowest BCUT2D eigenvalue weighted by Gasteiger charge is -2.41. The number of nitrogens with one attached hydrogen (secondary N) is 1. The average Bonchev–Trinajstić information content (AvgIpc) is 3.60. The van der Waals surface area contributed by atoms with Gasteiger partial charge < -0.3 is 16.0 Å². The second-order valence-corrected chi connectivity index (χ2v) is 8.25. The fraction of sp³-hybridized carbons (Fsp3) is 0.417. The van der Waals surface area contributed by atoms with Gasteiger partial charge in [0.2, 0.25) is 11.8 Å². The van der Waals surface area contributed by atoms with Crippen LogP contribution in [0.4, 0.5) is 0 Å². The molecule has 2 aromatic rings. The molecule has 0 aromatic heterocycles. The number of amides is 2. The highest BCUT2D eigenvalue weighted by molar-refractivity contribution is 5.85. The summed E-state index contributed by atoms with van der Waals surface area (Å²) in [6, 6.07) is 19.6. The number of carbonyl (C=O) groups excluding carboxylic acids is 2. The Hall–Kier alpha value is -2.66. The number of nitrogens with zero attached hydrogens (tertiary/aromatic N) is 1. The van der Waals surface area contributed by atoms with Crippen molar-refractivity contribution in [2.24, 2.45) is 17.6 Å². The molecule has 1 aliphatic carbocycles. The molecular weight excluding hydrogens is 362 g/mol. The number of hydrogen-bond acceptors (Lipinski definition) is 3. The highest BCUT2D eigenvalue weighted by Gasteiger charge is 2.40. The van der Waals surface area contributed by atoms with E-state index in [4.69, 9.17) is 5.73 Å². The van der Waals surface area contributed by atoms with Gasteiger partial charge in [-0.15, -0.1) is 0 Å². The van der Waals surface area contributed by atoms with E-state index in [1.54, 1.807) is 0 Å². The Morgan fingerprint density at radius 3 is 2.34 bits per heavy atom. The zero-order valence-electron chi connectivity index (χ0n) is 16.7. The van der Waals surface area contributed by atoms with Crippen LogP contribution < -0.4 is 11.1 Å². The van der Waals surface area contributed by atoms with Gasteiger partial charge >= 0.3 is 0 Å². The van der Waals surface area contributed by atoms with Gasteiger partial charge in [0.15, 0.2) is 0 Å². The molecule has 2 aliphatic rings. The number of nitrogens with two attached hydrogens (primary N) is 1. The van der Waals surface area contributed by atoms with Gasteiger partial charge in [-0.1, -0.05) is 60.7 Å². The molecule has 0 radical (unpaired) electrons. The zero-order chi connectivity index (χ0) is 20.2. The molecule has 1 saturated carbocycles. The van der Waals surface area contributed by atoms with Gasteiger partial charge in [-0.05, 0) is 36.3 Å². The molecule has 2 amide bonds. The van der Waals surface area contributed by atoms with Crippen molar-refractivity contribution in [2.45, 2.75) is 44.3 Å². The lowest BCUT2D eigenvalue weighted by atomic mass is 9.83. The van der Waals surface area contributed by atoms with Gasteiger partial charge in [-0.2, -0.15) is 0 Å². The van der Waals surface area contributed by atoms with E-state index >= 15 is 0 Å². The first-order valence-corrected chi connectivity index (χ1v) is 10.5. The van der Waals surface area contributed by atoms with Crippen molar-refractivity contribution >= 4 is 11.8 Å². The van der Waals surface area contributed by atoms with Gasteiger partial charge in [0, 0.05) is 25.6 Å². The first-order chi connectivity index (χ1) is 14.1. The highest BCUT2D eigenvalue weighted by Crippen LogP contribution is 2.38. The highest BCUT2D eigenvalue weighted by atomic mass is 16.2. The van der Waals surface area contributed by atoms with Gasteiger partial charge in [0.25, 0.3) is 0 Å². The molecule has 29 heavy (non-hydrogen) atoms. The van der Waals surface area contributed by atoms with Crippen molar-refractivity contribution < 1.29 is 9.59 Å². The minimum atomic E-state index is -0.273. The normalized spacial score (nSPS) is 22.9. The topological polar surface area (TPSA) is 75.4 Å². The average molecular weight is 392 g/mol. The fourth-order valence-electron chi connectivity index (χ4n) is 4.30. The van der Waals surface area contributed by atoms with Crippen LogP contribution in [-0.2, 0) is 16.1 Å². The van der Waals surface area contributed by atoms with Crippen molar-refractivity contribution in [3.8, 4) is 0 Å². The standard InChI is InChI=1S/C24H29N3O2/c25-21(18-11-12-18)15-26-24(29)20-13-14-22(28)27(16-17-7-3-1-4-8-17)23(20)19-9-5-2-6-10-19/h1-10,18,20-21,23H,11-16,25H2,(H,26,29). The lowest BCUT2D eigenvalue weighted by Crippen LogP contribution is -2.49. The van der Waals surface area contributed by atoms with Gasteiger partial charge in [-0.3, -0.25) is 9.59 Å². The Balaban J connectivity index is 1.57. The number of piperidine rings is 1. The van der Waals surface area contributed by atoms with Crippen molar-refractivity contribution in [3.05, 3.63) is 71.8 Å². The summed E-state index contributed by atoms with van der Waals surface area (Å²) in [5.41, 5.74) is 8.25. The van der Waals surface area contributed by atoms with Crippen molar-refractivity contribution in [2.75, 3.05) is 6.54 Å². The second kappa shape index (κ2) is 8.78. The summed E-state index contributed by atoms with van der Waals surface area (Å²) in [4.78, 5) is 27.9. The van der Waals surface area contributed by atoms with E-state index in [1.807, 2.05) is 65.6 Å². The number of benzene rings is 2. The van der Waals surface area contributed by atoms with E-state index in [2.05, 4.69) is 5.32 Å². The van der Waals surface area contributed by atoms with Crippen LogP contribution in [0.3, 0.4) is 0 Å². The van der Waals surface area contributed by atoms with E-state index in [0.717, 1.165) is 24.0 Å². The van der Waals surface area contributed by atoms with Crippen LogP contribution in [0.25, 0.3) is 0 Å². The second-order valence-electron chi connectivity index (χ2n) is 8.25. The molecule has 0 spiro atoms. The predicted octanol–water partition coefficient (Wildman–Crippen LogP) is 3.02. The fourth-order valence-corrected chi connectivity index (χ4v) is 4.30. The van der Waals surface area contributed by atoms with E-state index in [9.17, 15) is 9.59 Å². The van der Waals surface area contributed by atoms with Crippen molar-refractivity contribution in [1.82, 2.24) is 10.2 Å². The van der Waals surface area contributed by atoms with Gasteiger partial charge in [-0.25, -0.2) is 0 Å². The molecule has 3 unspecified atom stereocenters. The quantitative estimate of drug-likeness (QED) is 0.762. The molecule has 5 nitrogen and oxygen atoms in total. The van der Waals surface area contributed by atoms with Gasteiger partial charge in [0.1, 0.15) is 0 Å². The van der Waals surface area contributed by atoms with Gasteiger partial charge in [0.05, 0.1) is 12.0 Å². The Bertz CT molecular complexity index is 836. The predicted molar refractivity (Wildman–Crippen MR) is 113 cm³/mol. The minimum Gasteiger partial charge on any atom is -0.354 e. The summed E-state index contributed by atoms with van der Waals surface area (Å²) < 4.78 is 0. The number of hydrogen-bond donors (Lipinski definition) is 2. The van der Waals surface area contributed by atoms with E-state index < -0.39 is 0 Å².